The Morgan fingerprint density at radius 2 is 2.06 bits per heavy atom. The van der Waals surface area contributed by atoms with Crippen LogP contribution in [0.2, 0.25) is 0 Å². The number of rotatable bonds is 6. The second kappa shape index (κ2) is 5.34. The van der Waals surface area contributed by atoms with E-state index in [1.807, 2.05) is 0 Å². The largest absolute Gasteiger partial charge is 0.465 e. The zero-order valence-corrected chi connectivity index (χ0v) is 12.2. The average Bonchev–Trinajstić information content (AvgIpc) is 2.94. The molecule has 0 N–H and O–H groups in total. The Labute approximate surface area is 111 Å². The van der Waals surface area contributed by atoms with Gasteiger partial charge in [-0.05, 0) is 45.1 Å². The molecule has 1 unspecified atom stereocenters. The summed E-state index contributed by atoms with van der Waals surface area (Å²) >= 11 is 3.24. The molecule has 1 saturated carbocycles. The number of esters is 1. The van der Waals surface area contributed by atoms with E-state index in [-0.39, 0.29) is 17.7 Å². The minimum atomic E-state index is -0.635. The van der Waals surface area contributed by atoms with Crippen molar-refractivity contribution in [1.82, 2.24) is 0 Å². The minimum Gasteiger partial charge on any atom is -0.465 e. The summed E-state index contributed by atoms with van der Waals surface area (Å²) < 4.78 is 4.49. The number of Topliss-reactive ketones (excluding diaryl/α,β-unsaturated/α-hetero) is 1. The van der Waals surface area contributed by atoms with E-state index in [2.05, 4.69) is 22.5 Å². The third-order valence-corrected chi connectivity index (χ3v) is 3.21. The fraction of sp³-hybridized carbons (Fsp3) is 0.692. The molecule has 0 saturated heterocycles. The lowest BCUT2D eigenvalue weighted by Gasteiger charge is -2.14. The fourth-order valence-electron chi connectivity index (χ4n) is 1.68. The van der Waals surface area contributed by atoms with E-state index in [0.29, 0.717) is 18.1 Å². The third kappa shape index (κ3) is 4.26. The number of alkyl halides is 1. The van der Waals surface area contributed by atoms with Crippen LogP contribution in [0.3, 0.4) is 0 Å². The zero-order valence-electron chi connectivity index (χ0n) is 10.6. The number of ether oxygens (including phenoxy) is 1. The molecule has 0 aromatic carbocycles. The van der Waals surface area contributed by atoms with Gasteiger partial charge in [-0.1, -0.05) is 22.5 Å². The van der Waals surface area contributed by atoms with Crippen molar-refractivity contribution < 1.29 is 14.3 Å². The van der Waals surface area contributed by atoms with Crippen LogP contribution in [-0.2, 0) is 14.3 Å². The number of carbonyl (C=O) groups is 2. The summed E-state index contributed by atoms with van der Waals surface area (Å²) in [5.74, 6) is 0.372. The molecule has 0 aliphatic heterocycles. The number of hydrogen-bond donors (Lipinski definition) is 0. The molecule has 17 heavy (non-hydrogen) atoms. The molecule has 0 radical (unpaired) electrons. The lowest BCUT2D eigenvalue weighted by Crippen LogP contribution is -2.27. The summed E-state index contributed by atoms with van der Waals surface area (Å²) in [5.41, 5.74) is 0.621. The van der Waals surface area contributed by atoms with Crippen LogP contribution in [-0.4, -0.2) is 22.7 Å². The van der Waals surface area contributed by atoms with Gasteiger partial charge in [0.1, 0.15) is 4.32 Å². The molecule has 1 aliphatic rings. The van der Waals surface area contributed by atoms with Crippen LogP contribution in [0.15, 0.2) is 12.2 Å². The molecular formula is C13H19BrO3. The highest BCUT2D eigenvalue weighted by Gasteiger charge is 2.42. The van der Waals surface area contributed by atoms with Crippen LogP contribution in [0.4, 0.5) is 0 Å². The van der Waals surface area contributed by atoms with Crippen molar-refractivity contribution in [2.45, 2.75) is 37.9 Å². The van der Waals surface area contributed by atoms with Crippen molar-refractivity contribution in [2.75, 3.05) is 6.61 Å². The molecule has 3 nitrogen and oxygen atoms in total. The number of hydrogen-bond acceptors (Lipinski definition) is 3. The van der Waals surface area contributed by atoms with E-state index in [1.54, 1.807) is 20.8 Å². The van der Waals surface area contributed by atoms with Crippen LogP contribution >= 0.6 is 15.9 Å². The Hall–Kier alpha value is -0.640. The lowest BCUT2D eigenvalue weighted by atomic mass is 10.1. The first-order valence-electron chi connectivity index (χ1n) is 5.79. The maximum absolute atomic E-state index is 11.6. The Morgan fingerprint density at radius 1 is 1.47 bits per heavy atom. The van der Waals surface area contributed by atoms with E-state index in [1.165, 1.54) is 0 Å². The molecule has 0 heterocycles. The van der Waals surface area contributed by atoms with E-state index in [9.17, 15) is 9.59 Å². The van der Waals surface area contributed by atoms with Gasteiger partial charge in [0.05, 0.1) is 6.61 Å². The van der Waals surface area contributed by atoms with Gasteiger partial charge in [-0.3, -0.25) is 9.59 Å². The van der Waals surface area contributed by atoms with Crippen molar-refractivity contribution in [3.8, 4) is 0 Å². The molecule has 0 spiro atoms. The van der Waals surface area contributed by atoms with Gasteiger partial charge in [-0.15, -0.1) is 0 Å². The highest BCUT2D eigenvalue weighted by molar-refractivity contribution is 9.10. The molecule has 1 fully saturated rings. The first-order chi connectivity index (χ1) is 7.73. The van der Waals surface area contributed by atoms with Gasteiger partial charge < -0.3 is 4.74 Å². The van der Waals surface area contributed by atoms with E-state index in [0.717, 1.165) is 12.8 Å². The summed E-state index contributed by atoms with van der Waals surface area (Å²) in [6.45, 7) is 9.28. The van der Waals surface area contributed by atoms with Crippen LogP contribution < -0.4 is 0 Å². The van der Waals surface area contributed by atoms with Crippen LogP contribution in [0.5, 0.6) is 0 Å². The standard InChI is InChI=1S/C13H19BrO3/c1-8(2)11(15)10-7-9(10)5-6-17-12(16)13(3,4)14/h9-10H,1,5-7H2,2-4H3/t9-,10?/m0/s1. The SMILES string of the molecule is C=C(C)C(=O)C1C[C@@H]1CCOC(=O)C(C)(C)Br. The van der Waals surface area contributed by atoms with Crippen molar-refractivity contribution in [3.63, 3.8) is 0 Å². The second-order valence-electron chi connectivity index (χ2n) is 5.14. The molecule has 0 aromatic rings. The van der Waals surface area contributed by atoms with Gasteiger partial charge in [0.2, 0.25) is 0 Å². The predicted molar refractivity (Wildman–Crippen MR) is 70.0 cm³/mol. The summed E-state index contributed by atoms with van der Waals surface area (Å²) in [5, 5.41) is 0. The maximum Gasteiger partial charge on any atom is 0.322 e. The smallest absolute Gasteiger partial charge is 0.322 e. The van der Waals surface area contributed by atoms with Crippen LogP contribution in [0, 0.1) is 11.8 Å². The summed E-state index contributed by atoms with van der Waals surface area (Å²) in [6, 6.07) is 0. The molecular weight excluding hydrogens is 284 g/mol. The number of ketones is 1. The summed E-state index contributed by atoms with van der Waals surface area (Å²) in [6.07, 6.45) is 1.67. The Kier molecular flexibility index (Phi) is 4.53. The van der Waals surface area contributed by atoms with E-state index < -0.39 is 4.32 Å². The topological polar surface area (TPSA) is 43.4 Å². The van der Waals surface area contributed by atoms with Crippen LogP contribution in [0.1, 0.15) is 33.6 Å². The fourth-order valence-corrected chi connectivity index (χ4v) is 1.79. The molecule has 1 aliphatic carbocycles. The molecule has 0 aromatic heterocycles. The Morgan fingerprint density at radius 3 is 2.53 bits per heavy atom. The van der Waals surface area contributed by atoms with Gasteiger partial charge >= 0.3 is 5.97 Å². The van der Waals surface area contributed by atoms with Gasteiger partial charge in [-0.25, -0.2) is 0 Å². The average molecular weight is 303 g/mol. The Bertz CT molecular complexity index is 341. The third-order valence-electron chi connectivity index (χ3n) is 2.89. The number of allylic oxidation sites excluding steroid dienone is 1. The molecule has 0 amide bonds. The molecule has 96 valence electrons. The van der Waals surface area contributed by atoms with Gasteiger partial charge in [0.15, 0.2) is 5.78 Å². The first kappa shape index (κ1) is 14.4. The van der Waals surface area contributed by atoms with Crippen LogP contribution in [0.25, 0.3) is 0 Å². The zero-order chi connectivity index (χ0) is 13.2. The van der Waals surface area contributed by atoms with Crippen molar-refractivity contribution in [3.05, 3.63) is 12.2 Å². The highest BCUT2D eigenvalue weighted by Crippen LogP contribution is 2.43. The maximum atomic E-state index is 11.6. The van der Waals surface area contributed by atoms with Gasteiger partial charge in [0.25, 0.3) is 0 Å². The Balaban J connectivity index is 2.21. The van der Waals surface area contributed by atoms with Gasteiger partial charge in [-0.2, -0.15) is 0 Å². The normalized spacial score (nSPS) is 23.1. The monoisotopic (exact) mass is 302 g/mol. The number of carbonyl (C=O) groups excluding carboxylic acids is 2. The quantitative estimate of drug-likeness (QED) is 0.430. The predicted octanol–water partition coefficient (Wildman–Crippen LogP) is 2.87. The van der Waals surface area contributed by atoms with Crippen molar-refractivity contribution in [2.24, 2.45) is 11.8 Å². The van der Waals surface area contributed by atoms with Crippen molar-refractivity contribution >= 4 is 27.7 Å². The van der Waals surface area contributed by atoms with E-state index >= 15 is 0 Å². The molecule has 1 rings (SSSR count). The van der Waals surface area contributed by atoms with Crippen molar-refractivity contribution in [1.29, 1.82) is 0 Å². The second-order valence-corrected chi connectivity index (χ2v) is 7.13. The molecule has 0 bridgehead atoms. The van der Waals surface area contributed by atoms with Gasteiger partial charge in [0, 0.05) is 5.92 Å². The summed E-state index contributed by atoms with van der Waals surface area (Å²) in [7, 11) is 0. The van der Waals surface area contributed by atoms with E-state index in [4.69, 9.17) is 4.74 Å². The number of halogens is 1. The highest BCUT2D eigenvalue weighted by atomic mass is 79.9. The summed E-state index contributed by atoms with van der Waals surface area (Å²) in [4.78, 5) is 23.0. The molecule has 4 heteroatoms. The first-order valence-corrected chi connectivity index (χ1v) is 6.58. The minimum absolute atomic E-state index is 0.114. The lowest BCUT2D eigenvalue weighted by molar-refractivity contribution is -0.145. The molecule has 2 atom stereocenters.